The molecule has 0 unspecified atom stereocenters. The number of thioether (sulfide) groups is 1. The molecule has 0 atom stereocenters. The van der Waals surface area contributed by atoms with Crippen molar-refractivity contribution in [3.8, 4) is 0 Å². The third-order valence-corrected chi connectivity index (χ3v) is 4.26. The smallest absolute Gasteiger partial charge is 0.337 e. The van der Waals surface area contributed by atoms with Crippen molar-refractivity contribution in [3.05, 3.63) is 23.9 Å². The molecule has 1 aromatic rings. The second kappa shape index (κ2) is 10.7. The second-order valence-electron chi connectivity index (χ2n) is 5.01. The first kappa shape index (κ1) is 17.0. The molecule has 1 rings (SSSR count). The highest BCUT2D eigenvalue weighted by atomic mass is 32.2. The van der Waals surface area contributed by atoms with Gasteiger partial charge in [-0.05, 0) is 24.3 Å². The van der Waals surface area contributed by atoms with Crippen molar-refractivity contribution in [3.63, 3.8) is 0 Å². The summed E-state index contributed by atoms with van der Waals surface area (Å²) in [6, 6.07) is 3.41. The molecular weight excluding hydrogens is 270 g/mol. The third kappa shape index (κ3) is 7.53. The van der Waals surface area contributed by atoms with Gasteiger partial charge in [0, 0.05) is 6.20 Å². The molecular formula is C16H25NO2S. The third-order valence-electron chi connectivity index (χ3n) is 3.23. The summed E-state index contributed by atoms with van der Waals surface area (Å²) in [6.45, 7) is 2.24. The molecule has 0 aromatic carbocycles. The van der Waals surface area contributed by atoms with Crippen LogP contribution >= 0.6 is 11.8 Å². The number of rotatable bonds is 11. The summed E-state index contributed by atoms with van der Waals surface area (Å²) in [5.41, 5.74) is 0.251. The van der Waals surface area contributed by atoms with Crippen molar-refractivity contribution in [2.24, 2.45) is 0 Å². The molecule has 0 fully saturated rings. The Bertz CT molecular complexity index is 379. The molecule has 3 nitrogen and oxygen atoms in total. The average molecular weight is 295 g/mol. The first-order valence-electron chi connectivity index (χ1n) is 7.56. The average Bonchev–Trinajstić information content (AvgIpc) is 2.46. The van der Waals surface area contributed by atoms with Gasteiger partial charge in [0.25, 0.3) is 0 Å². The Morgan fingerprint density at radius 1 is 1.10 bits per heavy atom. The molecule has 4 heteroatoms. The van der Waals surface area contributed by atoms with Crippen molar-refractivity contribution in [1.82, 2.24) is 4.98 Å². The van der Waals surface area contributed by atoms with E-state index in [1.807, 2.05) is 0 Å². The molecule has 20 heavy (non-hydrogen) atoms. The number of pyridine rings is 1. The quantitative estimate of drug-likeness (QED) is 0.460. The summed E-state index contributed by atoms with van der Waals surface area (Å²) in [4.78, 5) is 14.8. The summed E-state index contributed by atoms with van der Waals surface area (Å²) < 4.78 is 0. The van der Waals surface area contributed by atoms with Gasteiger partial charge in [0.1, 0.15) is 0 Å². The van der Waals surface area contributed by atoms with E-state index in [1.165, 1.54) is 57.6 Å². The molecule has 0 spiro atoms. The Kier molecular flexibility index (Phi) is 9.13. The lowest BCUT2D eigenvalue weighted by Crippen LogP contribution is -1.96. The molecule has 0 bridgehead atoms. The summed E-state index contributed by atoms with van der Waals surface area (Å²) in [5, 5.41) is 9.69. The Morgan fingerprint density at radius 2 is 1.75 bits per heavy atom. The number of aromatic carboxylic acids is 1. The lowest BCUT2D eigenvalue weighted by atomic mass is 10.1. The van der Waals surface area contributed by atoms with Crippen LogP contribution in [0.2, 0.25) is 0 Å². The monoisotopic (exact) mass is 295 g/mol. The van der Waals surface area contributed by atoms with Crippen molar-refractivity contribution in [1.29, 1.82) is 0 Å². The van der Waals surface area contributed by atoms with E-state index >= 15 is 0 Å². The van der Waals surface area contributed by atoms with Gasteiger partial charge in [-0.3, -0.25) is 0 Å². The van der Waals surface area contributed by atoms with E-state index in [-0.39, 0.29) is 5.56 Å². The van der Waals surface area contributed by atoms with Crippen LogP contribution in [0.15, 0.2) is 23.4 Å². The molecule has 0 aliphatic heterocycles. The predicted molar refractivity (Wildman–Crippen MR) is 84.5 cm³/mol. The zero-order chi connectivity index (χ0) is 14.6. The molecule has 1 aromatic heterocycles. The van der Waals surface area contributed by atoms with Crippen LogP contribution in [-0.4, -0.2) is 21.8 Å². The molecule has 1 heterocycles. The van der Waals surface area contributed by atoms with Crippen LogP contribution in [-0.2, 0) is 0 Å². The fourth-order valence-electron chi connectivity index (χ4n) is 2.00. The van der Waals surface area contributed by atoms with E-state index < -0.39 is 5.97 Å². The van der Waals surface area contributed by atoms with Crippen LogP contribution in [0.4, 0.5) is 0 Å². The first-order chi connectivity index (χ1) is 9.74. The lowest BCUT2D eigenvalue weighted by Gasteiger charge is -2.02. The van der Waals surface area contributed by atoms with Crippen LogP contribution in [0, 0.1) is 0 Å². The summed E-state index contributed by atoms with van der Waals surface area (Å²) >= 11 is 1.71. The van der Waals surface area contributed by atoms with Gasteiger partial charge in [-0.15, -0.1) is 11.8 Å². The number of carbonyl (C=O) groups is 1. The number of hydrogen-bond acceptors (Lipinski definition) is 3. The summed E-state index contributed by atoms with van der Waals surface area (Å²) in [5.74, 6) is 0.145. The Morgan fingerprint density at radius 3 is 2.30 bits per heavy atom. The molecule has 0 aliphatic carbocycles. The normalized spacial score (nSPS) is 10.7. The van der Waals surface area contributed by atoms with Gasteiger partial charge in [0.05, 0.1) is 10.6 Å². The van der Waals surface area contributed by atoms with Gasteiger partial charge < -0.3 is 5.11 Å². The Hall–Kier alpha value is -1.03. The van der Waals surface area contributed by atoms with E-state index in [2.05, 4.69) is 11.9 Å². The minimum Gasteiger partial charge on any atom is -0.478 e. The number of nitrogens with zero attached hydrogens (tertiary/aromatic N) is 1. The number of carboxylic acid groups (broad SMARTS) is 1. The van der Waals surface area contributed by atoms with Crippen molar-refractivity contribution in [2.45, 2.75) is 63.3 Å². The van der Waals surface area contributed by atoms with E-state index in [9.17, 15) is 4.79 Å². The zero-order valence-electron chi connectivity index (χ0n) is 12.3. The topological polar surface area (TPSA) is 50.2 Å². The van der Waals surface area contributed by atoms with E-state index in [0.717, 1.165) is 10.8 Å². The Labute approximate surface area is 126 Å². The van der Waals surface area contributed by atoms with E-state index in [0.29, 0.717) is 0 Å². The molecule has 0 radical (unpaired) electrons. The van der Waals surface area contributed by atoms with Gasteiger partial charge in [-0.2, -0.15) is 0 Å². The molecule has 1 N–H and O–H groups in total. The van der Waals surface area contributed by atoms with Gasteiger partial charge >= 0.3 is 5.97 Å². The van der Waals surface area contributed by atoms with Crippen LogP contribution in [0.3, 0.4) is 0 Å². The van der Waals surface area contributed by atoms with E-state index in [1.54, 1.807) is 23.9 Å². The SMILES string of the molecule is CCCCCCCCCCSc1ccc(C(=O)O)cn1. The minimum atomic E-state index is -0.919. The number of hydrogen-bond donors (Lipinski definition) is 1. The fraction of sp³-hybridized carbons (Fsp3) is 0.625. The van der Waals surface area contributed by atoms with Crippen molar-refractivity contribution in [2.75, 3.05) is 5.75 Å². The van der Waals surface area contributed by atoms with Gasteiger partial charge in [0.15, 0.2) is 0 Å². The molecule has 112 valence electrons. The van der Waals surface area contributed by atoms with Crippen LogP contribution in [0.1, 0.15) is 68.6 Å². The molecule has 0 aliphatic rings. The number of carboxylic acids is 1. The van der Waals surface area contributed by atoms with Gasteiger partial charge in [-0.1, -0.05) is 51.9 Å². The van der Waals surface area contributed by atoms with Crippen LogP contribution < -0.4 is 0 Å². The van der Waals surface area contributed by atoms with E-state index in [4.69, 9.17) is 5.11 Å². The number of unbranched alkanes of at least 4 members (excludes halogenated alkanes) is 7. The highest BCUT2D eigenvalue weighted by Gasteiger charge is 2.03. The molecule has 0 saturated carbocycles. The largest absolute Gasteiger partial charge is 0.478 e. The fourth-order valence-corrected chi connectivity index (χ4v) is 2.85. The van der Waals surface area contributed by atoms with Crippen molar-refractivity contribution >= 4 is 17.7 Å². The maximum absolute atomic E-state index is 10.7. The highest BCUT2D eigenvalue weighted by molar-refractivity contribution is 7.99. The Balaban J connectivity index is 2.02. The predicted octanol–water partition coefficient (Wildman–Crippen LogP) is 5.01. The van der Waals surface area contributed by atoms with Crippen LogP contribution in [0.25, 0.3) is 0 Å². The maximum atomic E-state index is 10.7. The van der Waals surface area contributed by atoms with Gasteiger partial charge in [-0.25, -0.2) is 9.78 Å². The lowest BCUT2D eigenvalue weighted by molar-refractivity contribution is 0.0696. The molecule has 0 amide bonds. The first-order valence-corrected chi connectivity index (χ1v) is 8.54. The number of aromatic nitrogens is 1. The standard InChI is InChI=1S/C16H25NO2S/c1-2-3-4-5-6-7-8-9-12-20-15-11-10-14(13-17-15)16(18)19/h10-11,13H,2-9,12H2,1H3,(H,18,19). The minimum absolute atomic E-state index is 0.251. The second-order valence-corrected chi connectivity index (χ2v) is 6.13. The highest BCUT2D eigenvalue weighted by Crippen LogP contribution is 2.18. The van der Waals surface area contributed by atoms with Crippen LogP contribution in [0.5, 0.6) is 0 Å². The maximum Gasteiger partial charge on any atom is 0.337 e. The summed E-state index contributed by atoms with van der Waals surface area (Å²) in [7, 11) is 0. The molecule has 0 saturated heterocycles. The zero-order valence-corrected chi connectivity index (χ0v) is 13.1. The van der Waals surface area contributed by atoms with Crippen molar-refractivity contribution < 1.29 is 9.90 Å². The van der Waals surface area contributed by atoms with Gasteiger partial charge in [0.2, 0.25) is 0 Å². The summed E-state index contributed by atoms with van der Waals surface area (Å²) in [6.07, 6.45) is 12.0.